The highest BCUT2D eigenvalue weighted by atomic mass is 16.5. The van der Waals surface area contributed by atoms with Crippen molar-refractivity contribution < 1.29 is 9.47 Å². The van der Waals surface area contributed by atoms with E-state index in [4.69, 9.17) is 9.47 Å². The zero-order chi connectivity index (χ0) is 11.8. The third-order valence-corrected chi connectivity index (χ3v) is 2.56. The molecule has 0 aliphatic rings. The smallest absolute Gasteiger partial charge is 0.125 e. The quantitative estimate of drug-likeness (QED) is 0.719. The lowest BCUT2D eigenvalue weighted by atomic mass is 10.1. The van der Waals surface area contributed by atoms with Gasteiger partial charge in [-0.15, -0.1) is 0 Å². The Hall–Kier alpha value is -1.22. The molecule has 3 nitrogen and oxygen atoms in total. The van der Waals surface area contributed by atoms with Crippen molar-refractivity contribution in [2.45, 2.75) is 19.8 Å². The first-order chi connectivity index (χ1) is 7.83. The fourth-order valence-electron chi connectivity index (χ4n) is 1.74. The van der Waals surface area contributed by atoms with Gasteiger partial charge in [0.05, 0.1) is 14.2 Å². The number of hydrogen-bond donors (Lipinski definition) is 1. The van der Waals surface area contributed by atoms with E-state index in [2.05, 4.69) is 12.2 Å². The molecule has 0 aliphatic heterocycles. The van der Waals surface area contributed by atoms with Crippen LogP contribution in [0, 0.1) is 0 Å². The number of rotatable bonds is 7. The second-order valence-electron chi connectivity index (χ2n) is 3.60. The second-order valence-corrected chi connectivity index (χ2v) is 3.60. The molecule has 0 unspecified atom stereocenters. The molecule has 1 aromatic rings. The SMILES string of the molecule is CCNCCCc1c(OC)cccc1OC. The lowest BCUT2D eigenvalue weighted by molar-refractivity contribution is 0.384. The molecular formula is C13H21NO2. The van der Waals surface area contributed by atoms with Crippen LogP contribution in [0.3, 0.4) is 0 Å². The molecule has 90 valence electrons. The first kappa shape index (κ1) is 12.8. The zero-order valence-corrected chi connectivity index (χ0v) is 10.4. The van der Waals surface area contributed by atoms with Gasteiger partial charge in [-0.2, -0.15) is 0 Å². The van der Waals surface area contributed by atoms with Gasteiger partial charge in [-0.1, -0.05) is 13.0 Å². The largest absolute Gasteiger partial charge is 0.496 e. The van der Waals surface area contributed by atoms with Crippen molar-refractivity contribution >= 4 is 0 Å². The Balaban J connectivity index is 2.67. The molecule has 0 aromatic heterocycles. The molecule has 1 rings (SSSR count). The third kappa shape index (κ3) is 3.42. The summed E-state index contributed by atoms with van der Waals surface area (Å²) < 4.78 is 10.7. The first-order valence-corrected chi connectivity index (χ1v) is 5.74. The van der Waals surface area contributed by atoms with Gasteiger partial charge < -0.3 is 14.8 Å². The van der Waals surface area contributed by atoms with E-state index in [1.165, 1.54) is 0 Å². The van der Waals surface area contributed by atoms with Crippen LogP contribution in [0.4, 0.5) is 0 Å². The van der Waals surface area contributed by atoms with Gasteiger partial charge in [-0.3, -0.25) is 0 Å². The molecule has 1 N–H and O–H groups in total. The molecule has 0 atom stereocenters. The summed E-state index contributed by atoms with van der Waals surface area (Å²) in [7, 11) is 3.39. The summed E-state index contributed by atoms with van der Waals surface area (Å²) in [6, 6.07) is 5.90. The van der Waals surface area contributed by atoms with Gasteiger partial charge >= 0.3 is 0 Å². The highest BCUT2D eigenvalue weighted by Gasteiger charge is 2.08. The number of ether oxygens (including phenoxy) is 2. The van der Waals surface area contributed by atoms with Crippen molar-refractivity contribution in [2.24, 2.45) is 0 Å². The molecular weight excluding hydrogens is 202 g/mol. The van der Waals surface area contributed by atoms with Gasteiger partial charge in [0.15, 0.2) is 0 Å². The van der Waals surface area contributed by atoms with Crippen LogP contribution in [0.15, 0.2) is 18.2 Å². The van der Waals surface area contributed by atoms with E-state index < -0.39 is 0 Å². The van der Waals surface area contributed by atoms with E-state index in [9.17, 15) is 0 Å². The fraction of sp³-hybridized carbons (Fsp3) is 0.538. The predicted molar refractivity (Wildman–Crippen MR) is 66.4 cm³/mol. The van der Waals surface area contributed by atoms with Gasteiger partial charge in [-0.05, 0) is 38.1 Å². The Morgan fingerprint density at radius 2 is 1.75 bits per heavy atom. The van der Waals surface area contributed by atoms with Crippen molar-refractivity contribution in [3.05, 3.63) is 23.8 Å². The number of hydrogen-bond acceptors (Lipinski definition) is 3. The fourth-order valence-corrected chi connectivity index (χ4v) is 1.74. The Bertz CT molecular complexity index is 291. The first-order valence-electron chi connectivity index (χ1n) is 5.74. The number of benzene rings is 1. The molecule has 0 aliphatic carbocycles. The van der Waals surface area contributed by atoms with Crippen LogP contribution in [0.1, 0.15) is 18.9 Å². The van der Waals surface area contributed by atoms with Crippen LogP contribution < -0.4 is 14.8 Å². The summed E-state index contributed by atoms with van der Waals surface area (Å²) in [5.74, 6) is 1.83. The van der Waals surface area contributed by atoms with Crippen LogP contribution in [0.5, 0.6) is 11.5 Å². The van der Waals surface area contributed by atoms with Crippen LogP contribution in [0.25, 0.3) is 0 Å². The van der Waals surface area contributed by atoms with E-state index in [0.717, 1.165) is 43.0 Å². The minimum Gasteiger partial charge on any atom is -0.496 e. The number of methoxy groups -OCH3 is 2. The normalized spacial score (nSPS) is 10.2. The third-order valence-electron chi connectivity index (χ3n) is 2.56. The minimum absolute atomic E-state index is 0.913. The summed E-state index contributed by atoms with van der Waals surface area (Å²) in [5, 5.41) is 3.31. The molecule has 3 heteroatoms. The summed E-state index contributed by atoms with van der Waals surface area (Å²) in [6.45, 7) is 4.16. The van der Waals surface area contributed by atoms with Crippen molar-refractivity contribution in [3.8, 4) is 11.5 Å². The van der Waals surface area contributed by atoms with Gasteiger partial charge in [0, 0.05) is 5.56 Å². The number of nitrogens with one attached hydrogen (secondary N) is 1. The predicted octanol–water partition coefficient (Wildman–Crippen LogP) is 2.25. The molecule has 0 amide bonds. The van der Waals surface area contributed by atoms with Crippen molar-refractivity contribution in [2.75, 3.05) is 27.3 Å². The van der Waals surface area contributed by atoms with Crippen LogP contribution in [0.2, 0.25) is 0 Å². The summed E-state index contributed by atoms with van der Waals surface area (Å²) in [4.78, 5) is 0. The molecule has 0 spiro atoms. The zero-order valence-electron chi connectivity index (χ0n) is 10.4. The molecule has 0 bridgehead atoms. The summed E-state index contributed by atoms with van der Waals surface area (Å²) in [6.07, 6.45) is 2.06. The highest BCUT2D eigenvalue weighted by molar-refractivity contribution is 5.44. The average Bonchev–Trinajstić information content (AvgIpc) is 2.34. The molecule has 0 heterocycles. The molecule has 0 saturated carbocycles. The molecule has 0 fully saturated rings. The van der Waals surface area contributed by atoms with Crippen molar-refractivity contribution in [3.63, 3.8) is 0 Å². The van der Waals surface area contributed by atoms with Crippen molar-refractivity contribution in [1.29, 1.82) is 0 Å². The molecule has 0 saturated heterocycles. The standard InChI is InChI=1S/C13H21NO2/c1-4-14-10-6-7-11-12(15-2)8-5-9-13(11)16-3/h5,8-9,14H,4,6-7,10H2,1-3H3. The van der Waals surface area contributed by atoms with Crippen LogP contribution in [-0.4, -0.2) is 27.3 Å². The summed E-state index contributed by atoms with van der Waals surface area (Å²) in [5.41, 5.74) is 1.16. The van der Waals surface area contributed by atoms with Gasteiger partial charge in [0.1, 0.15) is 11.5 Å². The van der Waals surface area contributed by atoms with Crippen molar-refractivity contribution in [1.82, 2.24) is 5.32 Å². The second kappa shape index (κ2) is 7.12. The van der Waals surface area contributed by atoms with Crippen LogP contribution in [-0.2, 0) is 6.42 Å². The maximum absolute atomic E-state index is 5.34. The van der Waals surface area contributed by atoms with Gasteiger partial charge in [0.2, 0.25) is 0 Å². The molecule has 16 heavy (non-hydrogen) atoms. The Morgan fingerprint density at radius 3 is 2.25 bits per heavy atom. The van der Waals surface area contributed by atoms with E-state index in [-0.39, 0.29) is 0 Å². The van der Waals surface area contributed by atoms with E-state index in [1.807, 2.05) is 18.2 Å². The minimum atomic E-state index is 0.913. The highest BCUT2D eigenvalue weighted by Crippen LogP contribution is 2.29. The Morgan fingerprint density at radius 1 is 1.12 bits per heavy atom. The Labute approximate surface area is 97.8 Å². The molecule has 1 aromatic carbocycles. The van der Waals surface area contributed by atoms with E-state index in [0.29, 0.717) is 0 Å². The van der Waals surface area contributed by atoms with Gasteiger partial charge in [-0.25, -0.2) is 0 Å². The van der Waals surface area contributed by atoms with E-state index in [1.54, 1.807) is 14.2 Å². The lowest BCUT2D eigenvalue weighted by Crippen LogP contribution is -2.14. The van der Waals surface area contributed by atoms with Gasteiger partial charge in [0.25, 0.3) is 0 Å². The maximum atomic E-state index is 5.34. The monoisotopic (exact) mass is 223 g/mol. The summed E-state index contributed by atoms with van der Waals surface area (Å²) >= 11 is 0. The topological polar surface area (TPSA) is 30.5 Å². The maximum Gasteiger partial charge on any atom is 0.125 e. The average molecular weight is 223 g/mol. The van der Waals surface area contributed by atoms with Crippen LogP contribution >= 0.6 is 0 Å². The Kier molecular flexibility index (Phi) is 5.72. The molecule has 0 radical (unpaired) electrons. The lowest BCUT2D eigenvalue weighted by Gasteiger charge is -2.12. The van der Waals surface area contributed by atoms with E-state index >= 15 is 0 Å².